The van der Waals surface area contributed by atoms with Gasteiger partial charge in [-0.2, -0.15) is 0 Å². The molecule has 102 valence electrons. The number of amides is 1. The number of likely N-dealkylation sites (tertiary alicyclic amines) is 1. The number of carbonyl (C=O) groups excluding carboxylic acids is 1. The average Bonchev–Trinajstić information content (AvgIpc) is 2.83. The second-order valence-corrected chi connectivity index (χ2v) is 4.81. The fourth-order valence-electron chi connectivity index (χ4n) is 2.19. The second kappa shape index (κ2) is 5.89. The molecule has 1 aromatic rings. The van der Waals surface area contributed by atoms with E-state index in [1.165, 1.54) is 6.08 Å². The minimum absolute atomic E-state index is 0.0693. The number of ether oxygens (including phenoxy) is 1. The van der Waals surface area contributed by atoms with Crippen molar-refractivity contribution in [1.82, 2.24) is 4.90 Å². The van der Waals surface area contributed by atoms with Crippen molar-refractivity contribution >= 4 is 12.0 Å². The number of nitrogens with zero attached hydrogens (tertiary/aromatic N) is 1. The third-order valence-electron chi connectivity index (χ3n) is 3.27. The van der Waals surface area contributed by atoms with Gasteiger partial charge in [-0.05, 0) is 31.6 Å². The summed E-state index contributed by atoms with van der Waals surface area (Å²) in [5.74, 6) is 0.677. The molecule has 1 amide bonds. The summed E-state index contributed by atoms with van der Waals surface area (Å²) < 4.78 is 5.26. The van der Waals surface area contributed by atoms with E-state index in [1.54, 1.807) is 18.1 Å². The molecule has 4 nitrogen and oxygen atoms in total. The number of methoxy groups -OCH3 is 1. The number of aliphatic hydroxyl groups is 1. The van der Waals surface area contributed by atoms with Gasteiger partial charge >= 0.3 is 0 Å². The minimum atomic E-state index is -0.383. The van der Waals surface area contributed by atoms with Crippen molar-refractivity contribution in [3.63, 3.8) is 0 Å². The molecule has 0 saturated carbocycles. The van der Waals surface area contributed by atoms with Crippen LogP contribution in [-0.2, 0) is 4.79 Å². The molecule has 1 fully saturated rings. The number of rotatable bonds is 3. The van der Waals surface area contributed by atoms with Crippen LogP contribution >= 0.6 is 0 Å². The molecule has 1 atom stereocenters. The standard InChI is InChI=1S/C15H19NO3/c1-11-3-5-14(19-2)12(9-11)4-6-15(18)16-8-7-13(17)10-16/h3-6,9,13,17H,7-8,10H2,1-2H3/b6-4+. The monoisotopic (exact) mass is 261 g/mol. The SMILES string of the molecule is COc1ccc(C)cc1/C=C/C(=O)N1CCC(O)C1. The Bertz CT molecular complexity index is 496. The maximum atomic E-state index is 11.9. The predicted octanol–water partition coefficient (Wildman–Crippen LogP) is 1.61. The Hall–Kier alpha value is -1.81. The van der Waals surface area contributed by atoms with E-state index >= 15 is 0 Å². The Balaban J connectivity index is 2.09. The number of carbonyl (C=O) groups is 1. The van der Waals surface area contributed by atoms with E-state index in [-0.39, 0.29) is 12.0 Å². The number of aliphatic hydroxyl groups excluding tert-OH is 1. The molecule has 1 N–H and O–H groups in total. The highest BCUT2D eigenvalue weighted by Crippen LogP contribution is 2.21. The van der Waals surface area contributed by atoms with Gasteiger partial charge in [0.2, 0.25) is 5.91 Å². The van der Waals surface area contributed by atoms with Crippen molar-refractivity contribution in [3.8, 4) is 5.75 Å². The van der Waals surface area contributed by atoms with E-state index in [0.29, 0.717) is 19.5 Å². The molecule has 1 heterocycles. The highest BCUT2D eigenvalue weighted by atomic mass is 16.5. The van der Waals surface area contributed by atoms with Gasteiger partial charge in [0.15, 0.2) is 0 Å². The maximum Gasteiger partial charge on any atom is 0.246 e. The lowest BCUT2D eigenvalue weighted by molar-refractivity contribution is -0.125. The van der Waals surface area contributed by atoms with Crippen LogP contribution in [0, 0.1) is 6.92 Å². The van der Waals surface area contributed by atoms with Crippen LogP contribution in [0.2, 0.25) is 0 Å². The Morgan fingerprint density at radius 2 is 2.32 bits per heavy atom. The molecule has 0 spiro atoms. The third-order valence-corrected chi connectivity index (χ3v) is 3.27. The Morgan fingerprint density at radius 1 is 1.53 bits per heavy atom. The van der Waals surface area contributed by atoms with E-state index in [9.17, 15) is 9.90 Å². The van der Waals surface area contributed by atoms with Gasteiger partial charge in [-0.3, -0.25) is 4.79 Å². The molecule has 1 aliphatic rings. The van der Waals surface area contributed by atoms with Gasteiger partial charge in [-0.25, -0.2) is 0 Å². The summed E-state index contributed by atoms with van der Waals surface area (Å²) in [5, 5.41) is 9.41. The number of hydrogen-bond donors (Lipinski definition) is 1. The zero-order valence-corrected chi connectivity index (χ0v) is 11.3. The minimum Gasteiger partial charge on any atom is -0.496 e. The first-order valence-corrected chi connectivity index (χ1v) is 6.40. The first-order valence-electron chi connectivity index (χ1n) is 6.40. The largest absolute Gasteiger partial charge is 0.496 e. The summed E-state index contributed by atoms with van der Waals surface area (Å²) in [6.45, 7) is 3.04. The highest BCUT2D eigenvalue weighted by molar-refractivity contribution is 5.92. The molecule has 4 heteroatoms. The fourth-order valence-corrected chi connectivity index (χ4v) is 2.19. The van der Waals surface area contributed by atoms with Crippen molar-refractivity contribution < 1.29 is 14.6 Å². The molecule has 19 heavy (non-hydrogen) atoms. The zero-order chi connectivity index (χ0) is 13.8. The van der Waals surface area contributed by atoms with Gasteiger partial charge < -0.3 is 14.7 Å². The summed E-state index contributed by atoms with van der Waals surface area (Å²) in [4.78, 5) is 13.6. The molecule has 1 aliphatic heterocycles. The Kier molecular flexibility index (Phi) is 4.22. The normalized spacial score (nSPS) is 19.1. The molecule has 0 aromatic heterocycles. The Morgan fingerprint density at radius 3 is 2.95 bits per heavy atom. The second-order valence-electron chi connectivity index (χ2n) is 4.81. The smallest absolute Gasteiger partial charge is 0.246 e. The fraction of sp³-hybridized carbons (Fsp3) is 0.400. The lowest BCUT2D eigenvalue weighted by atomic mass is 10.1. The highest BCUT2D eigenvalue weighted by Gasteiger charge is 2.22. The van der Waals surface area contributed by atoms with Crippen LogP contribution in [0.15, 0.2) is 24.3 Å². The number of β-amino-alcohol motifs (C(OH)–C–C–N with tert-alkyl or cyclic N) is 1. The van der Waals surface area contributed by atoms with Gasteiger partial charge in [-0.15, -0.1) is 0 Å². The molecule has 1 unspecified atom stereocenters. The molecule has 0 bridgehead atoms. The van der Waals surface area contributed by atoms with E-state index in [4.69, 9.17) is 4.74 Å². The first-order chi connectivity index (χ1) is 9.10. The van der Waals surface area contributed by atoms with Crippen molar-refractivity contribution in [1.29, 1.82) is 0 Å². The van der Waals surface area contributed by atoms with E-state index in [0.717, 1.165) is 16.9 Å². The number of hydrogen-bond acceptors (Lipinski definition) is 3. The summed E-state index contributed by atoms with van der Waals surface area (Å²) in [5.41, 5.74) is 2.00. The first kappa shape index (κ1) is 13.6. The van der Waals surface area contributed by atoms with Crippen molar-refractivity contribution in [2.45, 2.75) is 19.4 Å². The van der Waals surface area contributed by atoms with Gasteiger partial charge in [0, 0.05) is 24.7 Å². The van der Waals surface area contributed by atoms with Gasteiger partial charge in [-0.1, -0.05) is 11.6 Å². The van der Waals surface area contributed by atoms with E-state index in [2.05, 4.69) is 0 Å². The number of benzene rings is 1. The molecule has 0 radical (unpaired) electrons. The Labute approximate surface area is 113 Å². The summed E-state index contributed by atoms with van der Waals surface area (Å²) in [6.07, 6.45) is 3.58. The van der Waals surface area contributed by atoms with Crippen LogP contribution in [0.1, 0.15) is 17.5 Å². The third kappa shape index (κ3) is 3.35. The molecule has 0 aliphatic carbocycles. The molecule has 2 rings (SSSR count). The van der Waals surface area contributed by atoms with Crippen LogP contribution < -0.4 is 4.74 Å². The van der Waals surface area contributed by atoms with Crippen LogP contribution in [0.25, 0.3) is 6.08 Å². The summed E-state index contributed by atoms with van der Waals surface area (Å²) in [7, 11) is 1.61. The average molecular weight is 261 g/mol. The summed E-state index contributed by atoms with van der Waals surface area (Å²) in [6, 6.07) is 5.83. The molecular weight excluding hydrogens is 242 g/mol. The van der Waals surface area contributed by atoms with Gasteiger partial charge in [0.1, 0.15) is 5.75 Å². The van der Waals surface area contributed by atoms with Crippen molar-refractivity contribution in [3.05, 3.63) is 35.4 Å². The maximum absolute atomic E-state index is 11.9. The van der Waals surface area contributed by atoms with Crippen molar-refractivity contribution in [2.75, 3.05) is 20.2 Å². The van der Waals surface area contributed by atoms with E-state index in [1.807, 2.05) is 25.1 Å². The zero-order valence-electron chi connectivity index (χ0n) is 11.3. The summed E-state index contributed by atoms with van der Waals surface area (Å²) >= 11 is 0. The number of aryl methyl sites for hydroxylation is 1. The predicted molar refractivity (Wildman–Crippen MR) is 74.0 cm³/mol. The molecule has 1 saturated heterocycles. The lowest BCUT2D eigenvalue weighted by Crippen LogP contribution is -2.27. The van der Waals surface area contributed by atoms with Gasteiger partial charge in [0.05, 0.1) is 13.2 Å². The van der Waals surface area contributed by atoms with Crippen LogP contribution in [-0.4, -0.2) is 42.2 Å². The van der Waals surface area contributed by atoms with Crippen LogP contribution in [0.4, 0.5) is 0 Å². The van der Waals surface area contributed by atoms with Gasteiger partial charge in [0.25, 0.3) is 0 Å². The van der Waals surface area contributed by atoms with Crippen LogP contribution in [0.3, 0.4) is 0 Å². The van der Waals surface area contributed by atoms with E-state index < -0.39 is 0 Å². The lowest BCUT2D eigenvalue weighted by Gasteiger charge is -2.12. The van der Waals surface area contributed by atoms with Crippen molar-refractivity contribution in [2.24, 2.45) is 0 Å². The molecule has 1 aromatic carbocycles. The molecular formula is C15H19NO3. The van der Waals surface area contributed by atoms with Crippen LogP contribution in [0.5, 0.6) is 5.75 Å². The quantitative estimate of drug-likeness (QED) is 0.841. The topological polar surface area (TPSA) is 49.8 Å².